The van der Waals surface area contributed by atoms with Gasteiger partial charge in [-0.2, -0.15) is 5.10 Å². The molecule has 1 N–H and O–H groups in total. The molecule has 2 aromatic carbocycles. The van der Waals surface area contributed by atoms with Crippen molar-refractivity contribution in [1.82, 2.24) is 10.4 Å². The Morgan fingerprint density at radius 3 is 2.50 bits per heavy atom. The lowest BCUT2D eigenvalue weighted by molar-refractivity contribution is -0.119. The smallest absolute Gasteiger partial charge is 0.260 e. The minimum Gasteiger partial charge on any atom is -0.271 e. The highest BCUT2D eigenvalue weighted by atomic mass is 35.5. The van der Waals surface area contributed by atoms with Crippen molar-refractivity contribution in [2.24, 2.45) is 5.10 Å². The first-order valence-electron chi connectivity index (χ1n) is 9.08. The van der Waals surface area contributed by atoms with Gasteiger partial charge in [0.1, 0.15) is 11.7 Å². The number of nitrogens with one attached hydrogen (secondary N) is 1. The van der Waals surface area contributed by atoms with E-state index in [-0.39, 0.29) is 5.15 Å². The predicted octanol–water partition coefficient (Wildman–Crippen LogP) is 3.42. The molecule has 1 aromatic heterocycles. The number of aryl methyl sites for hydroxylation is 2. The molecule has 0 spiro atoms. The van der Waals surface area contributed by atoms with E-state index in [1.165, 1.54) is 6.21 Å². The van der Waals surface area contributed by atoms with Crippen LogP contribution in [-0.4, -0.2) is 38.3 Å². The van der Waals surface area contributed by atoms with Crippen LogP contribution < -0.4 is 9.73 Å². The van der Waals surface area contributed by atoms with Gasteiger partial charge >= 0.3 is 0 Å². The number of amides is 1. The molecule has 9 heteroatoms. The summed E-state index contributed by atoms with van der Waals surface area (Å²) in [7, 11) is -3.68. The number of benzene rings is 2. The fraction of sp³-hybridized carbons (Fsp3) is 0.190. The molecule has 0 radical (unpaired) electrons. The average molecular weight is 445 g/mol. The largest absolute Gasteiger partial charge is 0.271 e. The second-order valence-corrected chi connectivity index (χ2v) is 9.13. The van der Waals surface area contributed by atoms with Crippen LogP contribution in [0.5, 0.6) is 0 Å². The maximum absolute atomic E-state index is 12.4. The number of fused-ring (bicyclic) bond motifs is 1. The third-order valence-corrected chi connectivity index (χ3v) is 5.89. The molecule has 156 valence electrons. The molecule has 0 saturated carbocycles. The molecule has 0 fully saturated rings. The second kappa shape index (κ2) is 8.81. The molecule has 0 bridgehead atoms. The Labute approximate surface area is 180 Å². The summed E-state index contributed by atoms with van der Waals surface area (Å²) in [5.74, 6) is -0.579. The maximum atomic E-state index is 12.4. The fourth-order valence-corrected chi connectivity index (χ4v) is 4.27. The van der Waals surface area contributed by atoms with Gasteiger partial charge in [0.05, 0.1) is 23.7 Å². The van der Waals surface area contributed by atoms with E-state index in [4.69, 9.17) is 11.6 Å². The van der Waals surface area contributed by atoms with E-state index in [2.05, 4.69) is 15.5 Å². The minimum atomic E-state index is -3.68. The molecule has 3 rings (SSSR count). The molecular weight excluding hydrogens is 424 g/mol. The van der Waals surface area contributed by atoms with Crippen LogP contribution in [0.25, 0.3) is 10.9 Å². The summed E-state index contributed by atoms with van der Waals surface area (Å²) >= 11 is 6.17. The number of aromatic nitrogens is 1. The Balaban J connectivity index is 1.78. The summed E-state index contributed by atoms with van der Waals surface area (Å²) in [4.78, 5) is 16.7. The topological polar surface area (TPSA) is 91.7 Å². The molecule has 0 atom stereocenters. The van der Waals surface area contributed by atoms with Gasteiger partial charge in [-0.1, -0.05) is 48.0 Å². The quantitative estimate of drug-likeness (QED) is 0.358. The monoisotopic (exact) mass is 444 g/mol. The van der Waals surface area contributed by atoms with Crippen LogP contribution in [-0.2, 0) is 14.8 Å². The minimum absolute atomic E-state index is 0.250. The van der Waals surface area contributed by atoms with E-state index < -0.39 is 22.5 Å². The molecule has 0 aliphatic carbocycles. The highest BCUT2D eigenvalue weighted by molar-refractivity contribution is 7.92. The summed E-state index contributed by atoms with van der Waals surface area (Å²) < 4.78 is 25.7. The number of carbonyl (C=O) groups excluding carboxylic acids is 1. The number of sulfonamides is 1. The van der Waals surface area contributed by atoms with Gasteiger partial charge in [0.2, 0.25) is 10.0 Å². The Hall–Kier alpha value is -2.97. The lowest BCUT2D eigenvalue weighted by Crippen LogP contribution is -2.39. The summed E-state index contributed by atoms with van der Waals surface area (Å²) in [5, 5.41) is 5.04. The number of carbonyl (C=O) groups is 1. The van der Waals surface area contributed by atoms with E-state index in [9.17, 15) is 13.2 Å². The molecule has 0 saturated heterocycles. The third-order valence-electron chi connectivity index (χ3n) is 4.47. The lowest BCUT2D eigenvalue weighted by Gasteiger charge is -2.25. The van der Waals surface area contributed by atoms with Gasteiger partial charge in [-0.05, 0) is 37.1 Å². The van der Waals surface area contributed by atoms with E-state index in [0.717, 1.165) is 32.6 Å². The molecule has 0 aliphatic rings. The molecule has 0 unspecified atom stereocenters. The van der Waals surface area contributed by atoms with Crippen LogP contribution in [0.3, 0.4) is 0 Å². The first kappa shape index (κ1) is 21.7. The van der Waals surface area contributed by atoms with Crippen LogP contribution in [0.1, 0.15) is 16.7 Å². The molecular formula is C21H21ClN4O3S. The predicted molar refractivity (Wildman–Crippen MR) is 121 cm³/mol. The van der Waals surface area contributed by atoms with Crippen LogP contribution in [0, 0.1) is 13.8 Å². The number of rotatable bonds is 6. The average Bonchev–Trinajstić information content (AvgIpc) is 2.66. The zero-order valence-electron chi connectivity index (χ0n) is 16.8. The number of hydrogen-bond donors (Lipinski definition) is 1. The zero-order valence-corrected chi connectivity index (χ0v) is 18.3. The van der Waals surface area contributed by atoms with Gasteiger partial charge in [-0.15, -0.1) is 0 Å². The first-order chi connectivity index (χ1) is 14.2. The van der Waals surface area contributed by atoms with Crippen molar-refractivity contribution < 1.29 is 13.2 Å². The second-order valence-electron chi connectivity index (χ2n) is 6.86. The molecule has 3 aromatic rings. The van der Waals surface area contributed by atoms with Crippen molar-refractivity contribution in [2.75, 3.05) is 17.1 Å². The number of para-hydroxylation sites is 2. The van der Waals surface area contributed by atoms with E-state index in [0.29, 0.717) is 11.3 Å². The number of pyridine rings is 1. The molecule has 1 heterocycles. The Morgan fingerprint density at radius 1 is 1.17 bits per heavy atom. The summed E-state index contributed by atoms with van der Waals surface area (Å²) in [6.45, 7) is 3.20. The first-order valence-corrected chi connectivity index (χ1v) is 11.3. The highest BCUT2D eigenvalue weighted by Crippen LogP contribution is 2.26. The van der Waals surface area contributed by atoms with Crippen LogP contribution in [0.15, 0.2) is 53.6 Å². The van der Waals surface area contributed by atoms with Crippen molar-refractivity contribution >= 4 is 50.3 Å². The van der Waals surface area contributed by atoms with E-state index in [1.54, 1.807) is 32.0 Å². The van der Waals surface area contributed by atoms with E-state index >= 15 is 0 Å². The maximum Gasteiger partial charge on any atom is 0.260 e. The Morgan fingerprint density at radius 2 is 1.83 bits per heavy atom. The van der Waals surface area contributed by atoms with Gasteiger partial charge < -0.3 is 0 Å². The molecule has 1 amide bonds. The standard InChI is InChI=1S/C21H21ClN4O3S/c1-14-7-6-8-15(2)20(14)26(30(3,28)29)13-19(27)25-23-12-17-11-16-9-4-5-10-18(16)24-21(17)22/h4-12H,13H2,1-3H3,(H,25,27)/b23-12+. The number of nitrogens with zero attached hydrogens (tertiary/aromatic N) is 3. The molecule has 30 heavy (non-hydrogen) atoms. The van der Waals surface area contributed by atoms with Crippen molar-refractivity contribution in [2.45, 2.75) is 13.8 Å². The number of hydrogen-bond acceptors (Lipinski definition) is 5. The number of halogens is 1. The van der Waals surface area contributed by atoms with Gasteiger partial charge in [-0.3, -0.25) is 9.10 Å². The van der Waals surface area contributed by atoms with Crippen LogP contribution >= 0.6 is 11.6 Å². The molecule has 7 nitrogen and oxygen atoms in total. The number of anilines is 1. The van der Waals surface area contributed by atoms with Gasteiger partial charge in [-0.25, -0.2) is 18.8 Å². The Kier molecular flexibility index (Phi) is 6.38. The van der Waals surface area contributed by atoms with Crippen LogP contribution in [0.4, 0.5) is 5.69 Å². The van der Waals surface area contributed by atoms with Crippen molar-refractivity contribution in [1.29, 1.82) is 0 Å². The van der Waals surface area contributed by atoms with Gasteiger partial charge in [0, 0.05) is 10.9 Å². The van der Waals surface area contributed by atoms with E-state index in [1.807, 2.05) is 30.3 Å². The molecule has 0 aliphatic heterocycles. The van der Waals surface area contributed by atoms with Gasteiger partial charge in [0.25, 0.3) is 5.91 Å². The van der Waals surface area contributed by atoms with Crippen molar-refractivity contribution in [3.8, 4) is 0 Å². The summed E-state index contributed by atoms with van der Waals surface area (Å²) in [5.41, 5.74) is 5.64. The summed E-state index contributed by atoms with van der Waals surface area (Å²) in [6.07, 6.45) is 2.44. The van der Waals surface area contributed by atoms with Crippen molar-refractivity contribution in [3.05, 3.63) is 70.4 Å². The fourth-order valence-electron chi connectivity index (χ4n) is 3.10. The number of hydrazone groups is 1. The van der Waals surface area contributed by atoms with Crippen LogP contribution in [0.2, 0.25) is 5.15 Å². The summed E-state index contributed by atoms with van der Waals surface area (Å²) in [6, 6.07) is 14.7. The Bertz CT molecular complexity index is 1220. The normalized spacial score (nSPS) is 11.7. The highest BCUT2D eigenvalue weighted by Gasteiger charge is 2.23. The van der Waals surface area contributed by atoms with Crippen molar-refractivity contribution in [3.63, 3.8) is 0 Å². The lowest BCUT2D eigenvalue weighted by atomic mass is 10.1. The van der Waals surface area contributed by atoms with Gasteiger partial charge in [0.15, 0.2) is 0 Å². The SMILES string of the molecule is Cc1cccc(C)c1N(CC(=O)N/N=C/c1cc2ccccc2nc1Cl)S(C)(=O)=O. The third kappa shape index (κ3) is 4.95. The zero-order chi connectivity index (χ0) is 21.9.